The third-order valence-electron chi connectivity index (χ3n) is 6.58. The van der Waals surface area contributed by atoms with E-state index in [0.717, 1.165) is 41.1 Å². The molecule has 0 aliphatic carbocycles. The van der Waals surface area contributed by atoms with Crippen LogP contribution in [0.4, 0.5) is 14.5 Å². The summed E-state index contributed by atoms with van der Waals surface area (Å²) in [5.74, 6) is -3.44. The minimum atomic E-state index is -4.09. The number of nitrogens with one attached hydrogen (secondary N) is 1. The Hall–Kier alpha value is -3.79. The maximum atomic E-state index is 14.0. The molecule has 0 radical (unpaired) electrons. The SMILES string of the molecule is CC[C@H](C)NC(=O)[C@H](Cc1ccccc1)N(Cc1cccc(C)c1)C(=O)CN(c1ccc(F)c(F)c1)S(C)(=O)=O. The van der Waals surface area contributed by atoms with Gasteiger partial charge in [0.15, 0.2) is 11.6 Å². The first-order chi connectivity index (χ1) is 18.9. The van der Waals surface area contributed by atoms with Crippen molar-refractivity contribution in [3.63, 3.8) is 0 Å². The second kappa shape index (κ2) is 13.5. The smallest absolute Gasteiger partial charge is 0.244 e. The van der Waals surface area contributed by atoms with Crippen LogP contribution < -0.4 is 9.62 Å². The molecule has 40 heavy (non-hydrogen) atoms. The number of carbonyl (C=O) groups excluding carboxylic acids is 2. The molecule has 10 heteroatoms. The van der Waals surface area contributed by atoms with Crippen LogP contribution in [-0.4, -0.2) is 50.0 Å². The average Bonchev–Trinajstić information content (AvgIpc) is 2.90. The molecule has 0 fully saturated rings. The second-order valence-electron chi connectivity index (χ2n) is 9.90. The number of halogens is 2. The highest BCUT2D eigenvalue weighted by molar-refractivity contribution is 7.92. The lowest BCUT2D eigenvalue weighted by Gasteiger charge is -2.34. The van der Waals surface area contributed by atoms with E-state index in [2.05, 4.69) is 5.32 Å². The summed E-state index contributed by atoms with van der Waals surface area (Å²) < 4.78 is 53.8. The molecular weight excluding hydrogens is 536 g/mol. The molecule has 3 rings (SSSR count). The summed E-state index contributed by atoms with van der Waals surface area (Å²) in [5, 5.41) is 2.96. The number of benzene rings is 3. The quantitative estimate of drug-likeness (QED) is 0.345. The Labute approximate surface area is 234 Å². The summed E-state index contributed by atoms with van der Waals surface area (Å²) in [7, 11) is -4.09. The molecule has 0 heterocycles. The van der Waals surface area contributed by atoms with Crippen molar-refractivity contribution < 1.29 is 26.8 Å². The van der Waals surface area contributed by atoms with Gasteiger partial charge in [-0.05, 0) is 43.5 Å². The predicted molar refractivity (Wildman–Crippen MR) is 152 cm³/mol. The van der Waals surface area contributed by atoms with Gasteiger partial charge < -0.3 is 10.2 Å². The lowest BCUT2D eigenvalue weighted by molar-refractivity contribution is -0.140. The number of rotatable bonds is 12. The first-order valence-corrected chi connectivity index (χ1v) is 14.9. The molecule has 7 nitrogen and oxygen atoms in total. The summed E-state index contributed by atoms with van der Waals surface area (Å²) in [6.45, 7) is 5.01. The lowest BCUT2D eigenvalue weighted by atomic mass is 10.0. The third kappa shape index (κ3) is 8.35. The molecule has 3 aromatic rings. The summed E-state index contributed by atoms with van der Waals surface area (Å²) >= 11 is 0. The highest BCUT2D eigenvalue weighted by atomic mass is 32.2. The standard InChI is InChI=1S/C30H35F2N3O4S/c1-5-22(3)33-30(37)28(17-23-11-7-6-8-12-23)34(19-24-13-9-10-21(2)16-24)29(36)20-35(40(4,38)39)25-14-15-26(31)27(32)18-25/h6-16,18,22,28H,5,17,19-20H2,1-4H3,(H,33,37)/t22-,28-/m0/s1. The Morgan fingerprint density at radius 1 is 0.925 bits per heavy atom. The van der Waals surface area contributed by atoms with Gasteiger partial charge in [0.2, 0.25) is 21.8 Å². The van der Waals surface area contributed by atoms with Crippen LogP contribution in [0.1, 0.15) is 37.0 Å². The molecule has 0 saturated carbocycles. The van der Waals surface area contributed by atoms with Gasteiger partial charge in [0.1, 0.15) is 12.6 Å². The van der Waals surface area contributed by atoms with Gasteiger partial charge in [-0.15, -0.1) is 0 Å². The number of hydrogen-bond donors (Lipinski definition) is 1. The van der Waals surface area contributed by atoms with Gasteiger partial charge in [0.05, 0.1) is 11.9 Å². The first-order valence-electron chi connectivity index (χ1n) is 13.0. The molecule has 0 aliphatic rings. The Balaban J connectivity index is 2.07. The number of aryl methyl sites for hydroxylation is 1. The molecule has 1 N–H and O–H groups in total. The Kier molecular flexibility index (Phi) is 10.4. The van der Waals surface area contributed by atoms with Crippen molar-refractivity contribution in [1.82, 2.24) is 10.2 Å². The molecule has 0 aromatic heterocycles. The molecule has 3 aromatic carbocycles. The van der Waals surface area contributed by atoms with Crippen LogP contribution in [0.15, 0.2) is 72.8 Å². The fraction of sp³-hybridized carbons (Fsp3) is 0.333. The van der Waals surface area contributed by atoms with E-state index in [-0.39, 0.29) is 30.6 Å². The van der Waals surface area contributed by atoms with E-state index in [1.54, 1.807) is 0 Å². The van der Waals surface area contributed by atoms with Crippen molar-refractivity contribution in [1.29, 1.82) is 0 Å². The largest absolute Gasteiger partial charge is 0.352 e. The molecule has 0 spiro atoms. The van der Waals surface area contributed by atoms with E-state index >= 15 is 0 Å². The highest BCUT2D eigenvalue weighted by Gasteiger charge is 2.33. The van der Waals surface area contributed by atoms with Gasteiger partial charge in [-0.1, -0.05) is 67.1 Å². The van der Waals surface area contributed by atoms with Crippen LogP contribution in [-0.2, 0) is 32.6 Å². The number of amides is 2. The highest BCUT2D eigenvalue weighted by Crippen LogP contribution is 2.22. The van der Waals surface area contributed by atoms with Crippen molar-refractivity contribution in [2.75, 3.05) is 17.1 Å². The van der Waals surface area contributed by atoms with Crippen LogP contribution in [0.25, 0.3) is 0 Å². The summed E-state index contributed by atoms with van der Waals surface area (Å²) in [4.78, 5) is 29.0. The normalized spacial score (nSPS) is 12.8. The average molecular weight is 572 g/mol. The van der Waals surface area contributed by atoms with Crippen LogP contribution in [0.5, 0.6) is 0 Å². The molecular formula is C30H35F2N3O4S. The van der Waals surface area contributed by atoms with Gasteiger partial charge in [-0.25, -0.2) is 17.2 Å². The molecule has 0 unspecified atom stereocenters. The lowest BCUT2D eigenvalue weighted by Crippen LogP contribution is -2.54. The minimum Gasteiger partial charge on any atom is -0.352 e. The topological polar surface area (TPSA) is 86.8 Å². The van der Waals surface area contributed by atoms with Crippen molar-refractivity contribution in [2.45, 2.75) is 52.2 Å². The van der Waals surface area contributed by atoms with Gasteiger partial charge in [0.25, 0.3) is 0 Å². The number of nitrogens with zero attached hydrogens (tertiary/aromatic N) is 2. The minimum absolute atomic E-state index is 0.0291. The van der Waals surface area contributed by atoms with Gasteiger partial charge in [0, 0.05) is 25.1 Å². The van der Waals surface area contributed by atoms with Crippen LogP contribution >= 0.6 is 0 Å². The van der Waals surface area contributed by atoms with Crippen LogP contribution in [0.3, 0.4) is 0 Å². The number of sulfonamides is 1. The van der Waals surface area contributed by atoms with Crippen molar-refractivity contribution in [2.24, 2.45) is 0 Å². The van der Waals surface area contributed by atoms with Gasteiger partial charge in [-0.3, -0.25) is 13.9 Å². The zero-order chi connectivity index (χ0) is 29.4. The maximum Gasteiger partial charge on any atom is 0.244 e. The summed E-state index contributed by atoms with van der Waals surface area (Å²) in [5.41, 5.74) is 2.32. The predicted octanol–water partition coefficient (Wildman–Crippen LogP) is 4.59. The van der Waals surface area contributed by atoms with Crippen molar-refractivity contribution in [3.05, 3.63) is 101 Å². The third-order valence-corrected chi connectivity index (χ3v) is 7.72. The monoisotopic (exact) mass is 571 g/mol. The number of anilines is 1. The number of hydrogen-bond acceptors (Lipinski definition) is 4. The molecule has 214 valence electrons. The zero-order valence-corrected chi connectivity index (χ0v) is 23.9. The second-order valence-corrected chi connectivity index (χ2v) is 11.8. The van der Waals surface area contributed by atoms with Gasteiger partial charge >= 0.3 is 0 Å². The van der Waals surface area contributed by atoms with E-state index in [0.29, 0.717) is 10.7 Å². The molecule has 2 amide bonds. The van der Waals surface area contributed by atoms with Crippen molar-refractivity contribution in [3.8, 4) is 0 Å². The van der Waals surface area contributed by atoms with E-state index in [4.69, 9.17) is 0 Å². The molecule has 0 saturated heterocycles. The maximum absolute atomic E-state index is 14.0. The Bertz CT molecular complexity index is 1430. The Morgan fingerprint density at radius 2 is 1.60 bits per heavy atom. The van der Waals surface area contributed by atoms with Gasteiger partial charge in [-0.2, -0.15) is 0 Å². The molecule has 2 atom stereocenters. The van der Waals surface area contributed by atoms with E-state index in [1.807, 2.05) is 75.4 Å². The van der Waals surface area contributed by atoms with Crippen LogP contribution in [0, 0.1) is 18.6 Å². The summed E-state index contributed by atoms with van der Waals surface area (Å²) in [6, 6.07) is 18.2. The molecule has 0 bridgehead atoms. The fourth-order valence-corrected chi connectivity index (χ4v) is 5.10. The van der Waals surface area contributed by atoms with E-state index in [9.17, 15) is 26.8 Å². The summed E-state index contributed by atoms with van der Waals surface area (Å²) in [6.07, 6.45) is 1.74. The fourth-order valence-electron chi connectivity index (χ4n) is 4.26. The van der Waals surface area contributed by atoms with Crippen molar-refractivity contribution >= 4 is 27.5 Å². The van der Waals surface area contributed by atoms with Crippen LogP contribution in [0.2, 0.25) is 0 Å². The molecule has 0 aliphatic heterocycles. The first kappa shape index (κ1) is 30.7. The van der Waals surface area contributed by atoms with E-state index in [1.165, 1.54) is 4.90 Å². The van der Waals surface area contributed by atoms with E-state index < -0.39 is 40.2 Å². The zero-order valence-electron chi connectivity index (χ0n) is 23.1. The number of carbonyl (C=O) groups is 2. The Morgan fingerprint density at radius 3 is 2.20 bits per heavy atom.